The van der Waals surface area contributed by atoms with Crippen LogP contribution in [0.2, 0.25) is 0 Å². The van der Waals surface area contributed by atoms with E-state index < -0.39 is 5.97 Å². The van der Waals surface area contributed by atoms with Crippen molar-refractivity contribution in [3.63, 3.8) is 0 Å². The second-order valence-corrected chi connectivity index (χ2v) is 7.51. The second kappa shape index (κ2) is 28.2. The van der Waals surface area contributed by atoms with Crippen LogP contribution in [0.3, 0.4) is 0 Å². The molecule has 2 nitrogen and oxygen atoms in total. The molecule has 4 heteroatoms. The Morgan fingerprint density at radius 1 is 0.538 bits per heavy atom. The first-order valence-corrected chi connectivity index (χ1v) is 11.0. The zero-order chi connectivity index (χ0) is 17.7. The van der Waals surface area contributed by atoms with E-state index in [0.717, 1.165) is 12.8 Å². The monoisotopic (exact) mass is 575 g/mol. The van der Waals surface area contributed by atoms with Crippen molar-refractivity contribution >= 4 is 29.9 Å². The Morgan fingerprint density at radius 2 is 0.769 bits per heavy atom. The predicted molar refractivity (Wildman–Crippen MR) is 121 cm³/mol. The third-order valence-electron chi connectivity index (χ3n) is 4.99. The van der Waals surface area contributed by atoms with E-state index >= 15 is 0 Å². The van der Waals surface area contributed by atoms with E-state index in [2.05, 4.69) is 6.92 Å². The molecule has 0 aromatic carbocycles. The average molecular weight is 576 g/mol. The van der Waals surface area contributed by atoms with Crippen LogP contribution in [0.4, 0.5) is 0 Å². The van der Waals surface area contributed by atoms with Gasteiger partial charge in [-0.3, -0.25) is 4.79 Å². The van der Waals surface area contributed by atoms with Gasteiger partial charge < -0.3 is 5.11 Å². The fraction of sp³-hybridized carbons (Fsp3) is 0.955. The summed E-state index contributed by atoms with van der Waals surface area (Å²) < 4.78 is 0. The van der Waals surface area contributed by atoms with Crippen LogP contribution in [0, 0.1) is 0 Å². The van der Waals surface area contributed by atoms with E-state index in [1.54, 1.807) is 0 Å². The molecule has 0 aromatic heterocycles. The van der Waals surface area contributed by atoms with Crippen LogP contribution in [0.25, 0.3) is 0 Å². The number of carboxylic acid groups (broad SMARTS) is 1. The Balaban J connectivity index is -0.00000264. The molecule has 0 bridgehead atoms. The van der Waals surface area contributed by atoms with Crippen LogP contribution in [-0.2, 0) is 27.2 Å². The van der Waals surface area contributed by atoms with E-state index in [4.69, 9.17) is 5.11 Å². The Labute approximate surface area is 196 Å². The molecule has 0 unspecified atom stereocenters. The number of rotatable bonds is 20. The molecule has 26 heavy (non-hydrogen) atoms. The van der Waals surface area contributed by atoms with Gasteiger partial charge in [-0.05, 0) is 6.42 Å². The maximum atomic E-state index is 10.4. The van der Waals surface area contributed by atoms with Gasteiger partial charge in [0, 0.05) is 28.8 Å². The second-order valence-electron chi connectivity index (χ2n) is 7.51. The molecule has 0 amide bonds. The number of aliphatic carboxylic acids is 1. The normalized spacial score (nSPS) is 10.2. The molecular formula is C22H45AgIO2. The molecule has 0 aliphatic carbocycles. The summed E-state index contributed by atoms with van der Waals surface area (Å²) in [7, 11) is 0. The largest absolute Gasteiger partial charge is 0.481 e. The standard InChI is InChI=1S/C22H44O2.Ag.HI/c1-2-3-4-5-6-7-8-9-10-11-12-13-14-15-16-17-18-19-20-21-22(23)24;;/h2-21H2,1H3,(H,23,24);;1H. The van der Waals surface area contributed by atoms with Gasteiger partial charge in [0.15, 0.2) is 0 Å². The quantitative estimate of drug-likeness (QED) is 0.0897. The SMILES string of the molecule is CCCCCCCCCCCCCCCCCCCCCC(=O)O.I.[Ag]. The predicted octanol–water partition coefficient (Wildman–Crippen LogP) is 8.51. The number of carbonyl (C=O) groups is 1. The molecule has 0 aliphatic heterocycles. The molecule has 0 fully saturated rings. The third-order valence-corrected chi connectivity index (χ3v) is 4.99. The van der Waals surface area contributed by atoms with Gasteiger partial charge >= 0.3 is 5.97 Å². The summed E-state index contributed by atoms with van der Waals surface area (Å²) >= 11 is 0. The van der Waals surface area contributed by atoms with Gasteiger partial charge in [0.05, 0.1) is 0 Å². The minimum Gasteiger partial charge on any atom is -0.481 e. The van der Waals surface area contributed by atoms with Gasteiger partial charge in [-0.1, -0.05) is 122 Å². The number of hydrogen-bond acceptors (Lipinski definition) is 1. The van der Waals surface area contributed by atoms with Crippen molar-refractivity contribution in [1.82, 2.24) is 0 Å². The zero-order valence-corrected chi connectivity index (χ0v) is 21.0. The van der Waals surface area contributed by atoms with Crippen molar-refractivity contribution in [2.24, 2.45) is 0 Å². The van der Waals surface area contributed by atoms with Crippen molar-refractivity contribution in [3.05, 3.63) is 0 Å². The molecule has 0 spiro atoms. The van der Waals surface area contributed by atoms with Crippen LogP contribution in [0.15, 0.2) is 0 Å². The van der Waals surface area contributed by atoms with Crippen molar-refractivity contribution in [2.45, 2.75) is 135 Å². The molecular weight excluding hydrogens is 531 g/mol. The fourth-order valence-corrected chi connectivity index (χ4v) is 3.35. The Bertz CT molecular complexity index is 263. The van der Waals surface area contributed by atoms with E-state index in [9.17, 15) is 4.79 Å². The summed E-state index contributed by atoms with van der Waals surface area (Å²) in [4.78, 5) is 10.4. The smallest absolute Gasteiger partial charge is 0.303 e. The average Bonchev–Trinajstić information content (AvgIpc) is 2.56. The molecule has 0 aliphatic rings. The molecule has 163 valence electrons. The van der Waals surface area contributed by atoms with Crippen molar-refractivity contribution < 1.29 is 32.3 Å². The van der Waals surface area contributed by atoms with Gasteiger partial charge in [0.1, 0.15) is 0 Å². The van der Waals surface area contributed by atoms with Crippen LogP contribution in [-0.4, -0.2) is 11.1 Å². The summed E-state index contributed by atoms with van der Waals surface area (Å²) in [5, 5.41) is 8.56. The molecule has 0 rings (SSSR count). The molecule has 0 saturated carbocycles. The van der Waals surface area contributed by atoms with Crippen LogP contribution >= 0.6 is 24.0 Å². The summed E-state index contributed by atoms with van der Waals surface area (Å²) in [6.07, 6.45) is 26.1. The Morgan fingerprint density at radius 3 is 1.00 bits per heavy atom. The molecule has 1 radical (unpaired) electrons. The first kappa shape index (κ1) is 31.6. The first-order valence-electron chi connectivity index (χ1n) is 11.0. The number of halogens is 1. The topological polar surface area (TPSA) is 37.3 Å². The van der Waals surface area contributed by atoms with Gasteiger partial charge in [0.25, 0.3) is 0 Å². The van der Waals surface area contributed by atoms with Gasteiger partial charge in [-0.15, -0.1) is 24.0 Å². The Hall–Kier alpha value is 0.940. The molecule has 0 aromatic rings. The van der Waals surface area contributed by atoms with Crippen LogP contribution < -0.4 is 0 Å². The number of hydrogen-bond donors (Lipinski definition) is 1. The van der Waals surface area contributed by atoms with Gasteiger partial charge in [-0.2, -0.15) is 0 Å². The van der Waals surface area contributed by atoms with E-state index in [0.29, 0.717) is 6.42 Å². The maximum absolute atomic E-state index is 10.4. The van der Waals surface area contributed by atoms with Gasteiger partial charge in [-0.25, -0.2) is 0 Å². The minimum absolute atomic E-state index is 0. The van der Waals surface area contributed by atoms with E-state index in [-0.39, 0.29) is 46.4 Å². The molecule has 1 N–H and O–H groups in total. The van der Waals surface area contributed by atoms with Crippen molar-refractivity contribution in [2.75, 3.05) is 0 Å². The number of carboxylic acids is 1. The van der Waals surface area contributed by atoms with E-state index in [1.165, 1.54) is 109 Å². The van der Waals surface area contributed by atoms with Crippen molar-refractivity contribution in [1.29, 1.82) is 0 Å². The minimum atomic E-state index is -0.651. The molecule has 0 heterocycles. The zero-order valence-electron chi connectivity index (χ0n) is 17.2. The Kier molecular flexibility index (Phi) is 34.2. The summed E-state index contributed by atoms with van der Waals surface area (Å²) in [5.41, 5.74) is 0. The van der Waals surface area contributed by atoms with Crippen LogP contribution in [0.1, 0.15) is 135 Å². The fourth-order valence-electron chi connectivity index (χ4n) is 3.35. The van der Waals surface area contributed by atoms with Crippen molar-refractivity contribution in [3.8, 4) is 0 Å². The van der Waals surface area contributed by atoms with E-state index in [1.807, 2.05) is 0 Å². The molecule has 0 saturated heterocycles. The number of unbranched alkanes of at least 4 members (excludes halogenated alkanes) is 18. The van der Waals surface area contributed by atoms with Crippen LogP contribution in [0.5, 0.6) is 0 Å². The molecule has 0 atom stereocenters. The third kappa shape index (κ3) is 29.7. The maximum Gasteiger partial charge on any atom is 0.303 e. The summed E-state index contributed by atoms with van der Waals surface area (Å²) in [6.45, 7) is 2.28. The first-order chi connectivity index (χ1) is 11.8. The summed E-state index contributed by atoms with van der Waals surface area (Å²) in [5.74, 6) is -0.651. The van der Waals surface area contributed by atoms with Gasteiger partial charge in [0.2, 0.25) is 0 Å². The summed E-state index contributed by atoms with van der Waals surface area (Å²) in [6, 6.07) is 0.